The molecular formula is C23H22ClN5O. The number of hydrogen-bond acceptors (Lipinski definition) is 5. The second kappa shape index (κ2) is 8.05. The topological polar surface area (TPSA) is 66.6 Å². The maximum atomic E-state index is 10.1. The smallest absolute Gasteiger partial charge is 0.220 e. The second-order valence-electron chi connectivity index (χ2n) is 7.74. The van der Waals surface area contributed by atoms with Gasteiger partial charge in [0.15, 0.2) is 5.65 Å². The number of nitrogens with zero attached hydrogens (tertiary/aromatic N) is 5. The summed E-state index contributed by atoms with van der Waals surface area (Å²) in [5.74, 6) is 0.348. The molecule has 0 aliphatic carbocycles. The number of likely N-dealkylation sites (tertiary alicyclic amines) is 1. The van der Waals surface area contributed by atoms with Gasteiger partial charge in [0, 0.05) is 42.5 Å². The zero-order chi connectivity index (χ0) is 20.5. The van der Waals surface area contributed by atoms with Gasteiger partial charge in [-0.1, -0.05) is 23.7 Å². The van der Waals surface area contributed by atoms with E-state index in [9.17, 15) is 5.11 Å². The highest BCUT2D eigenvalue weighted by Crippen LogP contribution is 2.30. The van der Waals surface area contributed by atoms with E-state index in [0.717, 1.165) is 48.8 Å². The molecule has 0 amide bonds. The van der Waals surface area contributed by atoms with Crippen LogP contribution in [0.1, 0.15) is 30.0 Å². The van der Waals surface area contributed by atoms with Gasteiger partial charge in [0.05, 0.1) is 11.3 Å². The van der Waals surface area contributed by atoms with Crippen LogP contribution in [0.3, 0.4) is 0 Å². The molecule has 1 N–H and O–H groups in total. The first kappa shape index (κ1) is 19.0. The van der Waals surface area contributed by atoms with Crippen molar-refractivity contribution in [2.45, 2.75) is 25.3 Å². The van der Waals surface area contributed by atoms with Crippen LogP contribution in [0.4, 0.5) is 0 Å². The second-order valence-corrected chi connectivity index (χ2v) is 8.18. The van der Waals surface area contributed by atoms with Gasteiger partial charge in [-0.2, -0.15) is 5.10 Å². The maximum Gasteiger partial charge on any atom is 0.220 e. The van der Waals surface area contributed by atoms with Crippen LogP contribution >= 0.6 is 11.6 Å². The van der Waals surface area contributed by atoms with Gasteiger partial charge in [0.25, 0.3) is 0 Å². The number of pyridine rings is 1. The highest BCUT2D eigenvalue weighted by Gasteiger charge is 2.24. The average Bonchev–Trinajstić information content (AvgIpc) is 3.20. The zero-order valence-corrected chi connectivity index (χ0v) is 17.2. The molecular weight excluding hydrogens is 398 g/mol. The standard InChI is InChI=1S/C23H22ClN5O/c24-18-7-5-16(6-8-18)14-28-12-2-3-17(15-28)21-9-11-25-22-13-20(27-29(21)22)19-4-1-10-26-23(19)30/h1,4-11,13,17H,2-3,12,14-15H2,(H,26,30). The molecule has 7 heteroatoms. The summed E-state index contributed by atoms with van der Waals surface area (Å²) in [7, 11) is 0. The van der Waals surface area contributed by atoms with E-state index < -0.39 is 0 Å². The maximum absolute atomic E-state index is 10.1. The fraction of sp³-hybridized carbons (Fsp3) is 0.261. The molecule has 1 unspecified atom stereocenters. The Balaban J connectivity index is 1.42. The minimum atomic E-state index is -0.0192. The molecule has 1 saturated heterocycles. The SMILES string of the molecule is Oc1ncccc1-c1cc2nccc(C3CCCN(Cc4ccc(Cl)cc4)C3)n2n1. The van der Waals surface area contributed by atoms with Crippen molar-refractivity contribution in [2.75, 3.05) is 13.1 Å². The van der Waals surface area contributed by atoms with Crippen LogP contribution in [-0.4, -0.2) is 42.7 Å². The Morgan fingerprint density at radius 2 is 1.93 bits per heavy atom. The Morgan fingerprint density at radius 3 is 2.77 bits per heavy atom. The number of benzene rings is 1. The van der Waals surface area contributed by atoms with Gasteiger partial charge in [-0.05, 0) is 55.3 Å². The molecule has 0 radical (unpaired) electrons. The van der Waals surface area contributed by atoms with Crippen molar-refractivity contribution in [3.63, 3.8) is 0 Å². The van der Waals surface area contributed by atoms with Crippen LogP contribution in [0.25, 0.3) is 16.9 Å². The van der Waals surface area contributed by atoms with Gasteiger partial charge in [-0.25, -0.2) is 14.5 Å². The van der Waals surface area contributed by atoms with E-state index in [-0.39, 0.29) is 5.88 Å². The van der Waals surface area contributed by atoms with Crippen LogP contribution in [0.15, 0.2) is 60.9 Å². The summed E-state index contributed by atoms with van der Waals surface area (Å²) >= 11 is 6.02. The fourth-order valence-corrected chi connectivity index (χ4v) is 4.37. The van der Waals surface area contributed by atoms with Crippen LogP contribution < -0.4 is 0 Å². The summed E-state index contributed by atoms with van der Waals surface area (Å²) in [5.41, 5.74) is 4.49. The van der Waals surface area contributed by atoms with Gasteiger partial charge in [0.2, 0.25) is 5.88 Å². The van der Waals surface area contributed by atoms with Gasteiger partial charge in [-0.15, -0.1) is 0 Å². The van der Waals surface area contributed by atoms with Crippen molar-refractivity contribution in [3.8, 4) is 17.1 Å². The molecule has 3 aromatic heterocycles. The van der Waals surface area contributed by atoms with Crippen LogP contribution in [0.5, 0.6) is 5.88 Å². The Morgan fingerprint density at radius 1 is 1.07 bits per heavy atom. The number of aromatic nitrogens is 4. The molecule has 0 bridgehead atoms. The third-order valence-corrected chi connectivity index (χ3v) is 5.95. The monoisotopic (exact) mass is 419 g/mol. The van der Waals surface area contributed by atoms with Crippen molar-refractivity contribution in [1.82, 2.24) is 24.5 Å². The third-order valence-electron chi connectivity index (χ3n) is 5.69. The number of fused-ring (bicyclic) bond motifs is 1. The van der Waals surface area contributed by atoms with E-state index in [2.05, 4.69) is 33.1 Å². The molecule has 1 fully saturated rings. The lowest BCUT2D eigenvalue weighted by Crippen LogP contribution is -2.34. The molecule has 4 heterocycles. The Kier molecular flexibility index (Phi) is 5.11. The summed E-state index contributed by atoms with van der Waals surface area (Å²) in [4.78, 5) is 10.9. The molecule has 1 aliphatic rings. The lowest BCUT2D eigenvalue weighted by Gasteiger charge is -2.33. The molecule has 30 heavy (non-hydrogen) atoms. The lowest BCUT2D eigenvalue weighted by molar-refractivity contribution is 0.197. The first-order chi connectivity index (χ1) is 14.7. The number of halogens is 1. The summed E-state index contributed by atoms with van der Waals surface area (Å²) in [6.45, 7) is 2.96. The number of aromatic hydroxyl groups is 1. The predicted molar refractivity (Wildman–Crippen MR) is 117 cm³/mol. The molecule has 0 spiro atoms. The summed E-state index contributed by atoms with van der Waals surface area (Å²) in [6, 6.07) is 15.7. The van der Waals surface area contributed by atoms with Crippen molar-refractivity contribution < 1.29 is 5.11 Å². The summed E-state index contributed by atoms with van der Waals surface area (Å²) in [5, 5.41) is 15.6. The van der Waals surface area contributed by atoms with Crippen molar-refractivity contribution >= 4 is 17.2 Å². The number of hydrogen-bond donors (Lipinski definition) is 1. The van der Waals surface area contributed by atoms with Crippen molar-refractivity contribution in [3.05, 3.63) is 77.2 Å². The van der Waals surface area contributed by atoms with E-state index in [1.165, 1.54) is 5.56 Å². The number of rotatable bonds is 4. The van der Waals surface area contributed by atoms with E-state index in [1.54, 1.807) is 12.3 Å². The summed E-state index contributed by atoms with van der Waals surface area (Å²) < 4.78 is 1.91. The molecule has 1 aliphatic heterocycles. The van der Waals surface area contributed by atoms with Crippen LogP contribution in [0, 0.1) is 0 Å². The highest BCUT2D eigenvalue weighted by atomic mass is 35.5. The number of piperidine rings is 1. The minimum Gasteiger partial charge on any atom is -0.493 e. The molecule has 6 nitrogen and oxygen atoms in total. The van der Waals surface area contributed by atoms with E-state index in [1.807, 2.05) is 35.0 Å². The third kappa shape index (κ3) is 3.76. The van der Waals surface area contributed by atoms with Gasteiger partial charge in [0.1, 0.15) is 5.69 Å². The van der Waals surface area contributed by atoms with Gasteiger partial charge >= 0.3 is 0 Å². The quantitative estimate of drug-likeness (QED) is 0.526. The Labute approximate surface area is 179 Å². The molecule has 1 aromatic carbocycles. The largest absolute Gasteiger partial charge is 0.493 e. The Bertz CT molecular complexity index is 1170. The summed E-state index contributed by atoms with van der Waals surface area (Å²) in [6.07, 6.45) is 5.66. The lowest BCUT2D eigenvalue weighted by atomic mass is 9.94. The molecule has 1 atom stereocenters. The minimum absolute atomic E-state index is 0.0192. The molecule has 152 valence electrons. The predicted octanol–water partition coefficient (Wildman–Crippen LogP) is 4.53. The highest BCUT2D eigenvalue weighted by molar-refractivity contribution is 6.30. The van der Waals surface area contributed by atoms with Crippen LogP contribution in [0.2, 0.25) is 5.02 Å². The Hall–Kier alpha value is -2.96. The van der Waals surface area contributed by atoms with Gasteiger partial charge < -0.3 is 5.11 Å². The molecule has 5 rings (SSSR count). The average molecular weight is 420 g/mol. The first-order valence-corrected chi connectivity index (χ1v) is 10.5. The van der Waals surface area contributed by atoms with Gasteiger partial charge in [-0.3, -0.25) is 4.90 Å². The first-order valence-electron chi connectivity index (χ1n) is 10.1. The zero-order valence-electron chi connectivity index (χ0n) is 16.4. The fourth-order valence-electron chi connectivity index (χ4n) is 4.24. The van der Waals surface area contributed by atoms with E-state index >= 15 is 0 Å². The molecule has 4 aromatic rings. The normalized spacial score (nSPS) is 17.4. The van der Waals surface area contributed by atoms with Crippen molar-refractivity contribution in [1.29, 1.82) is 0 Å². The van der Waals surface area contributed by atoms with Crippen molar-refractivity contribution in [2.24, 2.45) is 0 Å². The van der Waals surface area contributed by atoms with E-state index in [0.29, 0.717) is 17.2 Å². The molecule has 0 saturated carbocycles. The van der Waals surface area contributed by atoms with E-state index in [4.69, 9.17) is 16.7 Å². The van der Waals surface area contributed by atoms with Crippen LogP contribution in [-0.2, 0) is 6.54 Å².